The van der Waals surface area contributed by atoms with Gasteiger partial charge in [0.15, 0.2) is 0 Å². The molecule has 2 fully saturated rings. The van der Waals surface area contributed by atoms with Crippen LogP contribution >= 0.6 is 0 Å². The number of methoxy groups -OCH3 is 2. The highest BCUT2D eigenvalue weighted by atomic mass is 16.5. The zero-order valence-electron chi connectivity index (χ0n) is 11.5. The Balaban J connectivity index is 1.92. The van der Waals surface area contributed by atoms with E-state index in [0.29, 0.717) is 18.1 Å². The molecule has 0 radical (unpaired) electrons. The standard InChI is InChI=1S/C15H21NO3/c1-17-12-4-3-5-13(18-2)14(12)15(16)10-8-9-6-7-11(10)19-9/h3-5,9-11,15H,6-8,16H2,1-2H3. The van der Waals surface area contributed by atoms with Gasteiger partial charge in [-0.1, -0.05) is 6.07 Å². The zero-order valence-corrected chi connectivity index (χ0v) is 11.5. The number of benzene rings is 1. The third-order valence-electron chi connectivity index (χ3n) is 4.41. The maximum absolute atomic E-state index is 6.50. The van der Waals surface area contributed by atoms with Crippen molar-refractivity contribution in [2.45, 2.75) is 37.5 Å². The summed E-state index contributed by atoms with van der Waals surface area (Å²) in [4.78, 5) is 0. The predicted molar refractivity (Wildman–Crippen MR) is 72.5 cm³/mol. The van der Waals surface area contributed by atoms with E-state index in [2.05, 4.69) is 0 Å². The van der Waals surface area contributed by atoms with Crippen LogP contribution in [0.5, 0.6) is 11.5 Å². The summed E-state index contributed by atoms with van der Waals surface area (Å²) in [5.41, 5.74) is 7.47. The molecule has 2 heterocycles. The molecule has 4 unspecified atom stereocenters. The van der Waals surface area contributed by atoms with Gasteiger partial charge in [0.2, 0.25) is 0 Å². The number of ether oxygens (including phenoxy) is 3. The van der Waals surface area contributed by atoms with Crippen molar-refractivity contribution in [3.63, 3.8) is 0 Å². The second-order valence-corrected chi connectivity index (χ2v) is 5.38. The van der Waals surface area contributed by atoms with Crippen molar-refractivity contribution in [1.29, 1.82) is 0 Å². The van der Waals surface area contributed by atoms with Crippen LogP contribution in [-0.4, -0.2) is 26.4 Å². The maximum Gasteiger partial charge on any atom is 0.127 e. The van der Waals surface area contributed by atoms with Gasteiger partial charge >= 0.3 is 0 Å². The number of fused-ring (bicyclic) bond motifs is 2. The van der Waals surface area contributed by atoms with Crippen LogP contribution in [0.2, 0.25) is 0 Å². The molecule has 4 heteroatoms. The minimum absolute atomic E-state index is 0.0959. The van der Waals surface area contributed by atoms with Gasteiger partial charge in [0.05, 0.1) is 32.0 Å². The molecule has 0 amide bonds. The van der Waals surface area contributed by atoms with Gasteiger partial charge in [-0.25, -0.2) is 0 Å². The Labute approximate surface area is 113 Å². The molecule has 0 spiro atoms. The summed E-state index contributed by atoms with van der Waals surface area (Å²) >= 11 is 0. The van der Waals surface area contributed by atoms with E-state index in [1.807, 2.05) is 18.2 Å². The molecule has 0 aliphatic carbocycles. The van der Waals surface area contributed by atoms with Crippen molar-refractivity contribution in [3.05, 3.63) is 23.8 Å². The molecular formula is C15H21NO3. The quantitative estimate of drug-likeness (QED) is 0.905. The summed E-state index contributed by atoms with van der Waals surface area (Å²) in [6.45, 7) is 0. The SMILES string of the molecule is COc1cccc(OC)c1C(N)C1CC2CCC1O2. The Morgan fingerprint density at radius 1 is 1.21 bits per heavy atom. The predicted octanol–water partition coefficient (Wildman–Crippen LogP) is 2.27. The lowest BCUT2D eigenvalue weighted by atomic mass is 9.81. The Morgan fingerprint density at radius 2 is 1.89 bits per heavy atom. The van der Waals surface area contributed by atoms with E-state index in [9.17, 15) is 0 Å². The first-order valence-corrected chi connectivity index (χ1v) is 6.86. The van der Waals surface area contributed by atoms with Gasteiger partial charge in [0, 0.05) is 12.0 Å². The van der Waals surface area contributed by atoms with Crippen LogP contribution in [0.1, 0.15) is 30.9 Å². The molecule has 4 atom stereocenters. The third kappa shape index (κ3) is 2.09. The average molecular weight is 263 g/mol. The average Bonchev–Trinajstić information content (AvgIpc) is 3.08. The second kappa shape index (κ2) is 5.02. The van der Waals surface area contributed by atoms with Crippen LogP contribution < -0.4 is 15.2 Å². The summed E-state index contributed by atoms with van der Waals surface area (Å²) in [6.07, 6.45) is 4.06. The molecule has 19 heavy (non-hydrogen) atoms. The van der Waals surface area contributed by atoms with Crippen LogP contribution in [0.3, 0.4) is 0 Å². The fourth-order valence-electron chi connectivity index (χ4n) is 3.48. The molecule has 2 aliphatic rings. The van der Waals surface area contributed by atoms with Gasteiger partial charge in [-0.05, 0) is 31.4 Å². The second-order valence-electron chi connectivity index (χ2n) is 5.38. The van der Waals surface area contributed by atoms with Gasteiger partial charge in [-0.3, -0.25) is 0 Å². The molecule has 0 aromatic heterocycles. The van der Waals surface area contributed by atoms with E-state index in [-0.39, 0.29) is 6.04 Å². The summed E-state index contributed by atoms with van der Waals surface area (Å²) in [5.74, 6) is 1.97. The van der Waals surface area contributed by atoms with Crippen molar-refractivity contribution in [2.24, 2.45) is 11.7 Å². The molecule has 2 aliphatic heterocycles. The highest BCUT2D eigenvalue weighted by molar-refractivity contribution is 5.47. The Bertz CT molecular complexity index is 440. The van der Waals surface area contributed by atoms with Crippen LogP contribution in [0.4, 0.5) is 0 Å². The molecule has 3 rings (SSSR count). The molecule has 1 aromatic carbocycles. The van der Waals surface area contributed by atoms with E-state index in [1.54, 1.807) is 14.2 Å². The molecule has 104 valence electrons. The van der Waals surface area contributed by atoms with E-state index in [4.69, 9.17) is 19.9 Å². The van der Waals surface area contributed by atoms with Gasteiger partial charge in [-0.15, -0.1) is 0 Å². The fraction of sp³-hybridized carbons (Fsp3) is 0.600. The third-order valence-corrected chi connectivity index (χ3v) is 4.41. The van der Waals surface area contributed by atoms with E-state index >= 15 is 0 Å². The van der Waals surface area contributed by atoms with E-state index in [1.165, 1.54) is 6.42 Å². The van der Waals surface area contributed by atoms with E-state index in [0.717, 1.165) is 29.9 Å². The minimum Gasteiger partial charge on any atom is -0.496 e. The molecule has 2 saturated heterocycles. The highest BCUT2D eigenvalue weighted by Crippen LogP contribution is 2.47. The summed E-state index contributed by atoms with van der Waals surface area (Å²) in [5, 5.41) is 0. The van der Waals surface area contributed by atoms with E-state index < -0.39 is 0 Å². The first kappa shape index (κ1) is 12.8. The fourth-order valence-corrected chi connectivity index (χ4v) is 3.48. The minimum atomic E-state index is -0.0959. The molecule has 2 N–H and O–H groups in total. The molecule has 2 bridgehead atoms. The number of hydrogen-bond donors (Lipinski definition) is 1. The maximum atomic E-state index is 6.50. The van der Waals surface area contributed by atoms with Crippen LogP contribution in [0.15, 0.2) is 18.2 Å². The molecule has 1 aromatic rings. The monoisotopic (exact) mass is 263 g/mol. The Kier molecular flexibility index (Phi) is 3.37. The first-order chi connectivity index (χ1) is 9.24. The first-order valence-electron chi connectivity index (χ1n) is 6.86. The summed E-state index contributed by atoms with van der Waals surface area (Å²) in [7, 11) is 3.34. The Hall–Kier alpha value is -1.26. The van der Waals surface area contributed by atoms with Crippen molar-refractivity contribution >= 4 is 0 Å². The molecule has 4 nitrogen and oxygen atoms in total. The number of nitrogens with two attached hydrogens (primary N) is 1. The van der Waals surface area contributed by atoms with Gasteiger partial charge in [0.1, 0.15) is 11.5 Å². The lowest BCUT2D eigenvalue weighted by molar-refractivity contribution is 0.0881. The van der Waals surface area contributed by atoms with Gasteiger partial charge in [0.25, 0.3) is 0 Å². The molecule has 0 saturated carbocycles. The number of hydrogen-bond acceptors (Lipinski definition) is 4. The van der Waals surface area contributed by atoms with Gasteiger partial charge in [-0.2, -0.15) is 0 Å². The van der Waals surface area contributed by atoms with Crippen molar-refractivity contribution in [3.8, 4) is 11.5 Å². The van der Waals surface area contributed by atoms with Crippen LogP contribution in [0.25, 0.3) is 0 Å². The van der Waals surface area contributed by atoms with Crippen molar-refractivity contribution < 1.29 is 14.2 Å². The summed E-state index contributed by atoms with van der Waals surface area (Å²) < 4.78 is 16.8. The molecular weight excluding hydrogens is 242 g/mol. The lowest BCUT2D eigenvalue weighted by Gasteiger charge is -2.27. The van der Waals surface area contributed by atoms with Crippen molar-refractivity contribution in [2.75, 3.05) is 14.2 Å². The lowest BCUT2D eigenvalue weighted by Crippen LogP contribution is -2.30. The van der Waals surface area contributed by atoms with Crippen molar-refractivity contribution in [1.82, 2.24) is 0 Å². The topological polar surface area (TPSA) is 53.7 Å². The van der Waals surface area contributed by atoms with Crippen LogP contribution in [-0.2, 0) is 4.74 Å². The smallest absolute Gasteiger partial charge is 0.127 e. The summed E-state index contributed by atoms with van der Waals surface area (Å²) in [6, 6.07) is 5.70. The largest absolute Gasteiger partial charge is 0.496 e. The zero-order chi connectivity index (χ0) is 13.4. The number of rotatable bonds is 4. The van der Waals surface area contributed by atoms with Crippen LogP contribution in [0, 0.1) is 5.92 Å². The highest BCUT2D eigenvalue weighted by Gasteiger charge is 2.44. The van der Waals surface area contributed by atoms with Gasteiger partial charge < -0.3 is 19.9 Å². The normalized spacial score (nSPS) is 30.4. The Morgan fingerprint density at radius 3 is 2.37 bits per heavy atom.